The van der Waals surface area contributed by atoms with Gasteiger partial charge in [0.15, 0.2) is 0 Å². The molecule has 56 heavy (non-hydrogen) atoms. The minimum Gasteiger partial charge on any atom is -0.481 e. The molecule has 0 saturated heterocycles. The number of aliphatic carboxylic acids is 2. The quantitative estimate of drug-likeness (QED) is 0.0454. The van der Waals surface area contributed by atoms with E-state index in [-0.39, 0.29) is 32.3 Å². The summed E-state index contributed by atoms with van der Waals surface area (Å²) < 4.78 is 17.0. The lowest BCUT2D eigenvalue weighted by atomic mass is 9.87. The van der Waals surface area contributed by atoms with Crippen molar-refractivity contribution in [3.63, 3.8) is 0 Å². The average molecular weight is 798 g/mol. The fourth-order valence-electron chi connectivity index (χ4n) is 7.36. The van der Waals surface area contributed by atoms with E-state index in [0.717, 1.165) is 96.6 Å². The van der Waals surface area contributed by atoms with E-state index >= 15 is 0 Å². The molecule has 0 aromatic heterocycles. The largest absolute Gasteiger partial charge is 0.508 e. The van der Waals surface area contributed by atoms with Crippen LogP contribution in [0.15, 0.2) is 0 Å². The molecule has 0 aliphatic rings. The van der Waals surface area contributed by atoms with Crippen LogP contribution in [0.3, 0.4) is 0 Å². The molecule has 3 atom stereocenters. The molecule has 10 nitrogen and oxygen atoms in total. The lowest BCUT2D eigenvalue weighted by Crippen LogP contribution is -2.43. The molecule has 330 valence electrons. The maximum atomic E-state index is 13.5. The number of carboxylic acid groups (broad SMARTS) is 2. The minimum absolute atomic E-state index is 0.0708. The summed E-state index contributed by atoms with van der Waals surface area (Å²) >= 11 is 0. The number of hydrogen-bond acceptors (Lipinski definition) is 8. The SMILES string of the molecule is CCCCCCCCCCCCC(CCC(=O)OC(CCCCCCCC)(CCCC(CCCCCCCC)C(=O)O)C(=O)O)OC(=O)OCCCN(C)CC. The molecule has 0 rings (SSSR count). The van der Waals surface area contributed by atoms with Crippen molar-refractivity contribution in [3.05, 3.63) is 0 Å². The van der Waals surface area contributed by atoms with Gasteiger partial charge in [0.2, 0.25) is 5.60 Å². The van der Waals surface area contributed by atoms with E-state index in [0.29, 0.717) is 38.5 Å². The molecule has 0 aliphatic carbocycles. The molecule has 0 radical (unpaired) electrons. The molecular formula is C46H87NO9. The Morgan fingerprint density at radius 2 is 1.04 bits per heavy atom. The van der Waals surface area contributed by atoms with Crippen molar-refractivity contribution in [1.82, 2.24) is 4.90 Å². The Balaban J connectivity index is 5.50. The highest BCUT2D eigenvalue weighted by atomic mass is 16.7. The van der Waals surface area contributed by atoms with Crippen LogP contribution in [0.1, 0.15) is 227 Å². The van der Waals surface area contributed by atoms with Crippen molar-refractivity contribution in [2.45, 2.75) is 238 Å². The van der Waals surface area contributed by atoms with Crippen LogP contribution in [0.2, 0.25) is 0 Å². The van der Waals surface area contributed by atoms with Crippen LogP contribution in [0.4, 0.5) is 4.79 Å². The zero-order chi connectivity index (χ0) is 41.7. The predicted molar refractivity (Wildman–Crippen MR) is 227 cm³/mol. The third-order valence-electron chi connectivity index (χ3n) is 11.3. The predicted octanol–water partition coefficient (Wildman–Crippen LogP) is 12.7. The summed E-state index contributed by atoms with van der Waals surface area (Å²) in [5, 5.41) is 20.5. The van der Waals surface area contributed by atoms with Crippen LogP contribution in [0, 0.1) is 5.92 Å². The number of esters is 1. The Bertz CT molecular complexity index is 976. The third-order valence-corrected chi connectivity index (χ3v) is 11.3. The van der Waals surface area contributed by atoms with Crippen LogP contribution in [0.5, 0.6) is 0 Å². The number of nitrogens with zero attached hydrogens (tertiary/aromatic N) is 1. The highest BCUT2D eigenvalue weighted by molar-refractivity contribution is 5.82. The zero-order valence-electron chi connectivity index (χ0n) is 36.9. The standard InChI is InChI=1S/C46H87NO9/c1-6-10-13-16-19-20-21-22-24-27-33-41(55-45(53)54-39-30-38-47(5)9-4)34-35-42(48)56-46(44(51)52,36-28-25-18-15-12-8-3)37-29-32-40(43(49)50)31-26-23-17-14-11-7-2/h40-41H,6-39H2,1-5H3,(H,49,50)(H,51,52). The number of carboxylic acids is 2. The molecule has 0 bridgehead atoms. The van der Waals surface area contributed by atoms with Crippen molar-refractivity contribution < 1.29 is 43.6 Å². The molecule has 10 heteroatoms. The van der Waals surface area contributed by atoms with Crippen molar-refractivity contribution in [3.8, 4) is 0 Å². The number of carbonyl (C=O) groups excluding carboxylic acids is 2. The molecular weight excluding hydrogens is 711 g/mol. The Morgan fingerprint density at radius 1 is 0.571 bits per heavy atom. The minimum atomic E-state index is -1.72. The van der Waals surface area contributed by atoms with E-state index in [1.54, 1.807) is 0 Å². The molecule has 0 heterocycles. The summed E-state index contributed by atoms with van der Waals surface area (Å²) in [5.41, 5.74) is -1.72. The molecule has 0 aliphatic heterocycles. The van der Waals surface area contributed by atoms with Crippen LogP contribution >= 0.6 is 0 Å². The fraction of sp³-hybridized carbons (Fsp3) is 0.913. The monoisotopic (exact) mass is 798 g/mol. The maximum Gasteiger partial charge on any atom is 0.508 e. The molecule has 0 saturated carbocycles. The van der Waals surface area contributed by atoms with Gasteiger partial charge in [-0.05, 0) is 77.8 Å². The van der Waals surface area contributed by atoms with Gasteiger partial charge < -0.3 is 29.3 Å². The molecule has 0 spiro atoms. The van der Waals surface area contributed by atoms with Gasteiger partial charge in [0, 0.05) is 13.0 Å². The van der Waals surface area contributed by atoms with E-state index in [1.807, 2.05) is 7.05 Å². The van der Waals surface area contributed by atoms with E-state index < -0.39 is 41.7 Å². The van der Waals surface area contributed by atoms with E-state index in [2.05, 4.69) is 32.6 Å². The lowest BCUT2D eigenvalue weighted by Gasteiger charge is -2.30. The Labute approximate surface area is 342 Å². The molecule has 2 N–H and O–H groups in total. The second kappa shape index (κ2) is 36.9. The highest BCUT2D eigenvalue weighted by Crippen LogP contribution is 2.31. The van der Waals surface area contributed by atoms with Gasteiger partial charge in [-0.3, -0.25) is 9.59 Å². The number of rotatable bonds is 41. The van der Waals surface area contributed by atoms with Crippen LogP contribution in [-0.2, 0) is 28.6 Å². The molecule has 0 fully saturated rings. The normalized spacial score (nSPS) is 13.6. The summed E-state index contributed by atoms with van der Waals surface area (Å²) in [4.78, 5) is 53.3. The Morgan fingerprint density at radius 3 is 1.54 bits per heavy atom. The lowest BCUT2D eigenvalue weighted by molar-refractivity contribution is -0.181. The topological polar surface area (TPSA) is 140 Å². The van der Waals surface area contributed by atoms with Crippen molar-refractivity contribution in [2.24, 2.45) is 5.92 Å². The first-order chi connectivity index (χ1) is 27.0. The Hall–Kier alpha value is -2.36. The molecule has 0 aromatic rings. The summed E-state index contributed by atoms with van der Waals surface area (Å²) in [6.45, 7) is 10.6. The van der Waals surface area contributed by atoms with E-state index in [4.69, 9.17) is 14.2 Å². The summed E-state index contributed by atoms with van der Waals surface area (Å²) in [5.74, 6) is -3.22. The average Bonchev–Trinajstić information content (AvgIpc) is 3.17. The first kappa shape index (κ1) is 53.6. The van der Waals surface area contributed by atoms with Gasteiger partial charge in [0.05, 0.1) is 12.5 Å². The smallest absolute Gasteiger partial charge is 0.481 e. The third kappa shape index (κ3) is 29.8. The number of hydrogen-bond donors (Lipinski definition) is 2. The van der Waals surface area contributed by atoms with Gasteiger partial charge in [0.25, 0.3) is 0 Å². The van der Waals surface area contributed by atoms with Gasteiger partial charge in [-0.15, -0.1) is 0 Å². The number of unbranched alkanes of at least 4 members (excludes halogenated alkanes) is 19. The van der Waals surface area contributed by atoms with Gasteiger partial charge >= 0.3 is 24.1 Å². The molecule has 3 unspecified atom stereocenters. The van der Waals surface area contributed by atoms with E-state index in [9.17, 15) is 29.4 Å². The first-order valence-electron chi connectivity index (χ1n) is 23.2. The summed E-state index contributed by atoms with van der Waals surface area (Å²) in [7, 11) is 2.01. The molecule has 0 aromatic carbocycles. The summed E-state index contributed by atoms with van der Waals surface area (Å²) in [6, 6.07) is 0. The van der Waals surface area contributed by atoms with Crippen LogP contribution in [-0.4, -0.2) is 77.6 Å². The highest BCUT2D eigenvalue weighted by Gasteiger charge is 2.42. The second-order valence-electron chi connectivity index (χ2n) is 16.4. The van der Waals surface area contributed by atoms with Gasteiger partial charge in [-0.1, -0.05) is 156 Å². The van der Waals surface area contributed by atoms with Gasteiger partial charge in [-0.25, -0.2) is 9.59 Å². The Kier molecular flexibility index (Phi) is 35.4. The molecule has 0 amide bonds. The zero-order valence-corrected chi connectivity index (χ0v) is 36.9. The number of ether oxygens (including phenoxy) is 3. The van der Waals surface area contributed by atoms with Gasteiger partial charge in [-0.2, -0.15) is 0 Å². The summed E-state index contributed by atoms with van der Waals surface area (Å²) in [6.07, 6.45) is 25.6. The first-order valence-corrected chi connectivity index (χ1v) is 23.2. The van der Waals surface area contributed by atoms with Crippen LogP contribution < -0.4 is 0 Å². The van der Waals surface area contributed by atoms with Crippen molar-refractivity contribution in [2.75, 3.05) is 26.7 Å². The fourth-order valence-corrected chi connectivity index (χ4v) is 7.36. The second-order valence-corrected chi connectivity index (χ2v) is 16.4. The van der Waals surface area contributed by atoms with Crippen molar-refractivity contribution >= 4 is 24.1 Å². The van der Waals surface area contributed by atoms with Gasteiger partial charge in [0.1, 0.15) is 6.10 Å². The maximum absolute atomic E-state index is 13.5. The van der Waals surface area contributed by atoms with E-state index in [1.165, 1.54) is 51.4 Å². The number of carbonyl (C=O) groups is 4. The van der Waals surface area contributed by atoms with Crippen LogP contribution in [0.25, 0.3) is 0 Å². The van der Waals surface area contributed by atoms with Crippen molar-refractivity contribution in [1.29, 1.82) is 0 Å².